The van der Waals surface area contributed by atoms with E-state index in [2.05, 4.69) is 21.1 Å². The highest BCUT2D eigenvalue weighted by molar-refractivity contribution is 7.10. The van der Waals surface area contributed by atoms with Crippen molar-refractivity contribution in [3.8, 4) is 0 Å². The number of hydrogen-bond acceptors (Lipinski definition) is 4. The number of thiophene rings is 1. The summed E-state index contributed by atoms with van der Waals surface area (Å²) in [4.78, 5) is 20.4. The minimum atomic E-state index is -0.152. The lowest BCUT2D eigenvalue weighted by molar-refractivity contribution is 0.730. The van der Waals surface area contributed by atoms with Crippen LogP contribution >= 0.6 is 11.3 Å². The monoisotopic (exact) mass is 284 g/mol. The fraction of sp³-hybridized carbons (Fsp3) is 0.214. The van der Waals surface area contributed by atoms with Crippen LogP contribution in [0.25, 0.3) is 17.9 Å². The lowest BCUT2D eigenvalue weighted by Gasteiger charge is -2.06. The molecule has 0 bridgehead atoms. The van der Waals surface area contributed by atoms with Gasteiger partial charge in [0.1, 0.15) is 5.35 Å². The first kappa shape index (κ1) is 11.6. The maximum atomic E-state index is 12.1. The fourth-order valence-electron chi connectivity index (χ4n) is 2.44. The predicted molar refractivity (Wildman–Crippen MR) is 78.1 cm³/mol. The van der Waals surface area contributed by atoms with Gasteiger partial charge in [0.25, 0.3) is 5.56 Å². The van der Waals surface area contributed by atoms with Gasteiger partial charge >= 0.3 is 0 Å². The molecule has 3 aromatic heterocycles. The number of nitrogens with zero attached hydrogens (tertiary/aromatic N) is 3. The van der Waals surface area contributed by atoms with Crippen molar-refractivity contribution in [3.05, 3.63) is 49.1 Å². The minimum Gasteiger partial charge on any atom is -0.289 e. The third-order valence-corrected chi connectivity index (χ3v) is 4.23. The zero-order chi connectivity index (χ0) is 13.5. The van der Waals surface area contributed by atoms with E-state index < -0.39 is 0 Å². The van der Waals surface area contributed by atoms with Crippen molar-refractivity contribution in [1.29, 1.82) is 0 Å². The standard InChI is InChI=1S/C14H12N4OS/c19-13-12(8-9-4-3-7-20-9)18-14(16-13)15-10-5-1-2-6-11(10)17-18/h3-5,7-8H,1-2,6H2,(H,15,16,19)/b12-8+. The quantitative estimate of drug-likeness (QED) is 0.704. The van der Waals surface area contributed by atoms with Gasteiger partial charge in [-0.15, -0.1) is 11.3 Å². The molecule has 6 heteroatoms. The molecule has 0 spiro atoms. The number of rotatable bonds is 1. The maximum Gasteiger partial charge on any atom is 0.276 e. The summed E-state index contributed by atoms with van der Waals surface area (Å²) in [6.45, 7) is 0. The minimum absolute atomic E-state index is 0.152. The highest BCUT2D eigenvalue weighted by Gasteiger charge is 2.10. The summed E-state index contributed by atoms with van der Waals surface area (Å²) >= 11 is 1.59. The molecule has 1 aliphatic rings. The molecule has 0 fully saturated rings. The summed E-state index contributed by atoms with van der Waals surface area (Å²) in [5, 5.41) is 8.00. The topological polar surface area (TPSA) is 63.0 Å². The molecule has 100 valence electrons. The van der Waals surface area contributed by atoms with E-state index in [1.807, 2.05) is 23.6 Å². The van der Waals surface area contributed by atoms with Crippen LogP contribution in [0, 0.1) is 0 Å². The molecule has 3 aromatic rings. The molecule has 4 rings (SSSR count). The number of H-pyrrole nitrogens is 1. The molecular weight excluding hydrogens is 272 g/mol. The van der Waals surface area contributed by atoms with Crippen LogP contribution in [0.15, 0.2) is 22.3 Å². The van der Waals surface area contributed by atoms with Gasteiger partial charge in [0, 0.05) is 4.88 Å². The van der Waals surface area contributed by atoms with Crippen molar-refractivity contribution in [2.75, 3.05) is 0 Å². The summed E-state index contributed by atoms with van der Waals surface area (Å²) in [5.41, 5.74) is 0.814. The van der Waals surface area contributed by atoms with Crippen LogP contribution in [-0.4, -0.2) is 19.6 Å². The van der Waals surface area contributed by atoms with Crippen molar-refractivity contribution in [3.63, 3.8) is 0 Å². The Morgan fingerprint density at radius 3 is 3.25 bits per heavy atom. The van der Waals surface area contributed by atoms with E-state index in [4.69, 9.17) is 0 Å². The van der Waals surface area contributed by atoms with Gasteiger partial charge in [0.15, 0.2) is 0 Å². The summed E-state index contributed by atoms with van der Waals surface area (Å²) in [6, 6.07) is 3.94. The van der Waals surface area contributed by atoms with Crippen LogP contribution in [0.4, 0.5) is 0 Å². The molecule has 0 radical (unpaired) electrons. The lowest BCUT2D eigenvalue weighted by atomic mass is 10.1. The molecule has 1 N–H and O–H groups in total. The molecule has 0 saturated carbocycles. The molecule has 0 atom stereocenters. The molecule has 5 nitrogen and oxygen atoms in total. The van der Waals surface area contributed by atoms with Gasteiger partial charge in [0.05, 0.1) is 11.0 Å². The van der Waals surface area contributed by atoms with Crippen molar-refractivity contribution in [2.24, 2.45) is 0 Å². The van der Waals surface area contributed by atoms with Gasteiger partial charge in [-0.25, -0.2) is 4.98 Å². The average molecular weight is 284 g/mol. The Bertz CT molecular complexity index is 950. The summed E-state index contributed by atoms with van der Waals surface area (Å²) in [6.07, 6.45) is 6.97. The molecule has 0 amide bonds. The summed E-state index contributed by atoms with van der Waals surface area (Å²) in [7, 11) is 0. The summed E-state index contributed by atoms with van der Waals surface area (Å²) in [5.74, 6) is 0.509. The number of aryl methyl sites for hydroxylation is 1. The molecule has 0 saturated heterocycles. The van der Waals surface area contributed by atoms with Crippen LogP contribution in [0.5, 0.6) is 0 Å². The Balaban J connectivity index is 2.07. The van der Waals surface area contributed by atoms with Gasteiger partial charge < -0.3 is 0 Å². The number of aromatic nitrogens is 4. The third kappa shape index (κ3) is 1.80. The average Bonchev–Trinajstić information content (AvgIpc) is 3.06. The van der Waals surface area contributed by atoms with Crippen LogP contribution in [-0.2, 0) is 6.42 Å². The van der Waals surface area contributed by atoms with Crippen molar-refractivity contribution < 1.29 is 0 Å². The molecule has 0 aliphatic heterocycles. The normalized spacial score (nSPS) is 15.3. The second kappa shape index (κ2) is 4.42. The molecule has 0 aromatic carbocycles. The molecular formula is C14H12N4OS. The highest BCUT2D eigenvalue weighted by atomic mass is 32.1. The Hall–Kier alpha value is -2.21. The number of nitrogens with one attached hydrogen (secondary N) is 1. The molecule has 3 heterocycles. The van der Waals surface area contributed by atoms with E-state index in [0.717, 1.165) is 35.2 Å². The van der Waals surface area contributed by atoms with Crippen molar-refractivity contribution in [2.45, 2.75) is 19.3 Å². The zero-order valence-electron chi connectivity index (χ0n) is 10.7. The maximum absolute atomic E-state index is 12.1. The van der Waals surface area contributed by atoms with E-state index in [9.17, 15) is 4.79 Å². The fourth-order valence-corrected chi connectivity index (χ4v) is 3.09. The van der Waals surface area contributed by atoms with Crippen LogP contribution in [0.2, 0.25) is 0 Å². The number of aromatic amines is 1. The number of hydrogen-bond donors (Lipinski definition) is 1. The Kier molecular flexibility index (Phi) is 2.56. The van der Waals surface area contributed by atoms with E-state index in [0.29, 0.717) is 11.1 Å². The first-order chi connectivity index (χ1) is 9.81. The largest absolute Gasteiger partial charge is 0.289 e. The van der Waals surface area contributed by atoms with Gasteiger partial charge in [-0.2, -0.15) is 9.61 Å². The van der Waals surface area contributed by atoms with Gasteiger partial charge in [0.2, 0.25) is 5.78 Å². The number of imidazole rings is 1. The molecule has 20 heavy (non-hydrogen) atoms. The molecule has 0 unspecified atom stereocenters. The van der Waals surface area contributed by atoms with Crippen molar-refractivity contribution in [1.82, 2.24) is 19.6 Å². The van der Waals surface area contributed by atoms with Gasteiger partial charge in [-0.3, -0.25) is 9.78 Å². The van der Waals surface area contributed by atoms with Crippen LogP contribution in [0.3, 0.4) is 0 Å². The smallest absolute Gasteiger partial charge is 0.276 e. The Morgan fingerprint density at radius 2 is 2.40 bits per heavy atom. The highest BCUT2D eigenvalue weighted by Crippen LogP contribution is 2.08. The van der Waals surface area contributed by atoms with E-state index >= 15 is 0 Å². The van der Waals surface area contributed by atoms with Gasteiger partial charge in [-0.05, 0) is 36.8 Å². The third-order valence-electron chi connectivity index (χ3n) is 3.41. The lowest BCUT2D eigenvalue weighted by Crippen LogP contribution is -2.30. The van der Waals surface area contributed by atoms with E-state index in [1.165, 1.54) is 0 Å². The second-order valence-electron chi connectivity index (χ2n) is 4.77. The second-order valence-corrected chi connectivity index (χ2v) is 5.75. The van der Waals surface area contributed by atoms with E-state index in [1.54, 1.807) is 15.9 Å². The predicted octanol–water partition coefficient (Wildman–Crippen LogP) is 0.425. The first-order valence-corrected chi connectivity index (χ1v) is 7.42. The zero-order valence-corrected chi connectivity index (χ0v) is 11.5. The Labute approximate surface area is 117 Å². The number of fused-ring (bicyclic) bond motifs is 2. The van der Waals surface area contributed by atoms with Crippen LogP contribution < -0.4 is 16.3 Å². The van der Waals surface area contributed by atoms with E-state index in [-0.39, 0.29) is 5.56 Å². The molecule has 1 aliphatic carbocycles. The Morgan fingerprint density at radius 1 is 1.45 bits per heavy atom. The SMILES string of the molecule is O=c1[nH]c2nc3c(nn2/c1=C/c1cccs1)CCCC=3. The van der Waals surface area contributed by atoms with Gasteiger partial charge in [-0.1, -0.05) is 12.1 Å². The van der Waals surface area contributed by atoms with Crippen LogP contribution in [0.1, 0.15) is 23.4 Å². The first-order valence-electron chi connectivity index (χ1n) is 6.55. The van der Waals surface area contributed by atoms with Crippen molar-refractivity contribution >= 4 is 29.3 Å². The summed E-state index contributed by atoms with van der Waals surface area (Å²) < 4.78 is 1.63.